The number of halogens is 1. The number of imide groups is 1. The van der Waals surface area contributed by atoms with Gasteiger partial charge in [-0.05, 0) is 17.5 Å². The summed E-state index contributed by atoms with van der Waals surface area (Å²) < 4.78 is 13.0. The molecule has 2 heterocycles. The first-order valence-corrected chi connectivity index (χ1v) is 5.02. The van der Waals surface area contributed by atoms with E-state index in [0.717, 1.165) is 6.20 Å². The Labute approximate surface area is 91.9 Å². The van der Waals surface area contributed by atoms with Crippen LogP contribution in [0.4, 0.5) is 4.39 Å². The van der Waals surface area contributed by atoms with Crippen molar-refractivity contribution in [3.05, 3.63) is 29.8 Å². The van der Waals surface area contributed by atoms with E-state index in [2.05, 4.69) is 10.3 Å². The average molecular weight is 222 g/mol. The SMILES string of the molecule is CC(c1cncc(F)c1)C1CC(=O)NC1=O. The van der Waals surface area contributed by atoms with Gasteiger partial charge in [0.15, 0.2) is 0 Å². The van der Waals surface area contributed by atoms with E-state index in [1.165, 1.54) is 12.3 Å². The smallest absolute Gasteiger partial charge is 0.230 e. The summed E-state index contributed by atoms with van der Waals surface area (Å²) in [4.78, 5) is 26.2. The first kappa shape index (κ1) is 10.7. The molecule has 2 rings (SSSR count). The van der Waals surface area contributed by atoms with Crippen LogP contribution in [0.5, 0.6) is 0 Å². The molecule has 16 heavy (non-hydrogen) atoms. The van der Waals surface area contributed by atoms with Crippen LogP contribution in [0.2, 0.25) is 0 Å². The monoisotopic (exact) mass is 222 g/mol. The van der Waals surface area contributed by atoms with E-state index >= 15 is 0 Å². The normalized spacial score (nSPS) is 22.0. The minimum atomic E-state index is -0.436. The molecular formula is C11H11FN2O2. The van der Waals surface area contributed by atoms with Crippen LogP contribution in [0, 0.1) is 11.7 Å². The van der Waals surface area contributed by atoms with Crippen molar-refractivity contribution in [2.75, 3.05) is 0 Å². The Morgan fingerprint density at radius 2 is 2.25 bits per heavy atom. The molecule has 1 fully saturated rings. The first-order valence-electron chi connectivity index (χ1n) is 5.02. The van der Waals surface area contributed by atoms with Crippen molar-refractivity contribution >= 4 is 11.8 Å². The molecule has 1 aliphatic heterocycles. The fraction of sp³-hybridized carbons (Fsp3) is 0.364. The number of carbonyl (C=O) groups is 2. The first-order chi connectivity index (χ1) is 7.58. The zero-order chi connectivity index (χ0) is 11.7. The second-order valence-electron chi connectivity index (χ2n) is 3.95. The highest BCUT2D eigenvalue weighted by atomic mass is 19.1. The second kappa shape index (κ2) is 4.00. The maximum atomic E-state index is 13.0. The average Bonchev–Trinajstić information content (AvgIpc) is 2.57. The third-order valence-corrected chi connectivity index (χ3v) is 2.86. The maximum absolute atomic E-state index is 13.0. The van der Waals surface area contributed by atoms with Gasteiger partial charge >= 0.3 is 0 Å². The van der Waals surface area contributed by atoms with Crippen molar-refractivity contribution in [1.29, 1.82) is 0 Å². The molecule has 4 nitrogen and oxygen atoms in total. The van der Waals surface area contributed by atoms with Gasteiger partial charge in [0.25, 0.3) is 0 Å². The molecule has 0 aliphatic carbocycles. The van der Waals surface area contributed by atoms with Gasteiger partial charge in [-0.3, -0.25) is 19.9 Å². The molecule has 1 N–H and O–H groups in total. The molecule has 0 radical (unpaired) electrons. The molecule has 2 atom stereocenters. The Kier molecular flexibility index (Phi) is 2.68. The van der Waals surface area contributed by atoms with Gasteiger partial charge < -0.3 is 0 Å². The summed E-state index contributed by atoms with van der Waals surface area (Å²) in [6.07, 6.45) is 2.79. The van der Waals surface area contributed by atoms with Crippen molar-refractivity contribution in [3.63, 3.8) is 0 Å². The largest absolute Gasteiger partial charge is 0.296 e. The topological polar surface area (TPSA) is 59.1 Å². The Hall–Kier alpha value is -1.78. The summed E-state index contributed by atoms with van der Waals surface area (Å²) in [7, 11) is 0. The Morgan fingerprint density at radius 1 is 1.50 bits per heavy atom. The van der Waals surface area contributed by atoms with Gasteiger partial charge in [-0.25, -0.2) is 4.39 Å². The van der Waals surface area contributed by atoms with Crippen LogP contribution in [0.25, 0.3) is 0 Å². The molecule has 1 aliphatic rings. The number of hydrogen-bond acceptors (Lipinski definition) is 3. The lowest BCUT2D eigenvalue weighted by Crippen LogP contribution is -2.24. The number of aromatic nitrogens is 1. The third kappa shape index (κ3) is 1.93. The number of amides is 2. The quantitative estimate of drug-likeness (QED) is 0.759. The zero-order valence-electron chi connectivity index (χ0n) is 8.74. The molecule has 5 heteroatoms. The van der Waals surface area contributed by atoms with Gasteiger partial charge in [0.05, 0.1) is 12.1 Å². The van der Waals surface area contributed by atoms with Crippen LogP contribution in [0.3, 0.4) is 0 Å². The van der Waals surface area contributed by atoms with Gasteiger partial charge in [-0.2, -0.15) is 0 Å². The van der Waals surface area contributed by atoms with E-state index in [4.69, 9.17) is 0 Å². The number of carbonyl (C=O) groups excluding carboxylic acids is 2. The van der Waals surface area contributed by atoms with Crippen LogP contribution >= 0.6 is 0 Å². The number of pyridine rings is 1. The summed E-state index contributed by atoms with van der Waals surface area (Å²) in [5.41, 5.74) is 0.634. The lowest BCUT2D eigenvalue weighted by Gasteiger charge is -2.15. The molecule has 1 aromatic rings. The van der Waals surface area contributed by atoms with Crippen LogP contribution in [0.1, 0.15) is 24.8 Å². The van der Waals surface area contributed by atoms with Crippen LogP contribution in [-0.2, 0) is 9.59 Å². The molecular weight excluding hydrogens is 211 g/mol. The Bertz CT molecular complexity index is 447. The number of nitrogens with zero attached hydrogens (tertiary/aromatic N) is 1. The van der Waals surface area contributed by atoms with Gasteiger partial charge in [-0.1, -0.05) is 6.92 Å². The predicted molar refractivity (Wildman–Crippen MR) is 53.9 cm³/mol. The van der Waals surface area contributed by atoms with Crippen LogP contribution < -0.4 is 5.32 Å². The zero-order valence-corrected chi connectivity index (χ0v) is 8.74. The summed E-state index contributed by atoms with van der Waals surface area (Å²) in [5, 5.41) is 2.24. The van der Waals surface area contributed by atoms with E-state index in [1.54, 1.807) is 6.92 Å². The van der Waals surface area contributed by atoms with E-state index in [9.17, 15) is 14.0 Å². The van der Waals surface area contributed by atoms with E-state index < -0.39 is 11.7 Å². The fourth-order valence-electron chi connectivity index (χ4n) is 1.89. The predicted octanol–water partition coefficient (Wildman–Crippen LogP) is 0.987. The fourth-order valence-corrected chi connectivity index (χ4v) is 1.89. The Balaban J connectivity index is 2.22. The van der Waals surface area contributed by atoms with Gasteiger partial charge in [-0.15, -0.1) is 0 Å². The molecule has 1 saturated heterocycles. The van der Waals surface area contributed by atoms with Crippen molar-refractivity contribution in [2.45, 2.75) is 19.3 Å². The van der Waals surface area contributed by atoms with Crippen molar-refractivity contribution in [3.8, 4) is 0 Å². The summed E-state index contributed by atoms with van der Waals surface area (Å²) in [6, 6.07) is 1.34. The highest BCUT2D eigenvalue weighted by Gasteiger charge is 2.35. The number of rotatable bonds is 2. The molecule has 0 spiro atoms. The summed E-state index contributed by atoms with van der Waals surface area (Å²) >= 11 is 0. The van der Waals surface area contributed by atoms with Crippen LogP contribution in [0.15, 0.2) is 18.5 Å². The van der Waals surface area contributed by atoms with Crippen molar-refractivity contribution in [2.24, 2.45) is 5.92 Å². The van der Waals surface area contributed by atoms with Crippen molar-refractivity contribution in [1.82, 2.24) is 10.3 Å². The Morgan fingerprint density at radius 3 is 2.81 bits per heavy atom. The molecule has 0 bridgehead atoms. The van der Waals surface area contributed by atoms with E-state index in [-0.39, 0.29) is 24.2 Å². The molecule has 84 valence electrons. The summed E-state index contributed by atoms with van der Waals surface area (Å²) in [5.74, 6) is -1.63. The molecule has 0 saturated carbocycles. The lowest BCUT2D eigenvalue weighted by atomic mass is 9.87. The number of nitrogens with one attached hydrogen (secondary N) is 1. The molecule has 0 aromatic carbocycles. The maximum Gasteiger partial charge on any atom is 0.230 e. The van der Waals surface area contributed by atoms with E-state index in [0.29, 0.717) is 5.56 Å². The number of hydrogen-bond donors (Lipinski definition) is 1. The van der Waals surface area contributed by atoms with Gasteiger partial charge in [0.2, 0.25) is 11.8 Å². The third-order valence-electron chi connectivity index (χ3n) is 2.86. The second-order valence-corrected chi connectivity index (χ2v) is 3.95. The van der Waals surface area contributed by atoms with Crippen LogP contribution in [-0.4, -0.2) is 16.8 Å². The molecule has 2 amide bonds. The minimum absolute atomic E-state index is 0.163. The van der Waals surface area contributed by atoms with Gasteiger partial charge in [0, 0.05) is 12.6 Å². The standard InChI is InChI=1S/C11H11FN2O2/c1-6(7-2-8(12)5-13-4-7)9-3-10(15)14-11(9)16/h2,4-6,9H,3H2,1H3,(H,14,15,16). The molecule has 1 aromatic heterocycles. The highest BCUT2D eigenvalue weighted by molar-refractivity contribution is 6.03. The highest BCUT2D eigenvalue weighted by Crippen LogP contribution is 2.29. The van der Waals surface area contributed by atoms with E-state index in [1.807, 2.05) is 0 Å². The van der Waals surface area contributed by atoms with Crippen molar-refractivity contribution < 1.29 is 14.0 Å². The van der Waals surface area contributed by atoms with Gasteiger partial charge in [0.1, 0.15) is 5.82 Å². The molecule has 2 unspecified atom stereocenters. The minimum Gasteiger partial charge on any atom is -0.296 e. The summed E-state index contributed by atoms with van der Waals surface area (Å²) in [6.45, 7) is 1.79. The lowest BCUT2D eigenvalue weighted by molar-refractivity contribution is -0.126.